The van der Waals surface area contributed by atoms with Gasteiger partial charge in [0.2, 0.25) is 0 Å². The van der Waals surface area contributed by atoms with Crippen molar-refractivity contribution in [3.05, 3.63) is 12.2 Å². The summed E-state index contributed by atoms with van der Waals surface area (Å²) >= 11 is 0. The molecule has 0 unspecified atom stereocenters. The molecule has 1 nitrogen and oxygen atoms in total. The first-order chi connectivity index (χ1) is 5.86. The summed E-state index contributed by atoms with van der Waals surface area (Å²) in [6.45, 7) is 0. The summed E-state index contributed by atoms with van der Waals surface area (Å²) in [5.74, 6) is 2.81. The van der Waals surface area contributed by atoms with Gasteiger partial charge in [-0.05, 0) is 31.1 Å². The predicted octanol–water partition coefficient (Wildman–Crippen LogP) is 2.18. The Labute approximate surface area is 72.8 Å². The van der Waals surface area contributed by atoms with Gasteiger partial charge in [0.1, 0.15) is 5.78 Å². The van der Waals surface area contributed by atoms with E-state index in [1.54, 1.807) is 0 Å². The SMILES string of the molecule is O=C1[C@@H]2C=C[C@@H](C2)[C@@H]2CCC[C@H]12. The molecule has 0 heterocycles. The Balaban J connectivity index is 1.99. The second kappa shape index (κ2) is 2.21. The van der Waals surface area contributed by atoms with Crippen LogP contribution in [0.25, 0.3) is 0 Å². The van der Waals surface area contributed by atoms with E-state index in [0.717, 1.165) is 18.3 Å². The molecule has 64 valence electrons. The number of Topliss-reactive ketones (excluding diaryl/α,β-unsaturated/α-hetero) is 1. The number of ketones is 1. The zero-order valence-electron chi connectivity index (χ0n) is 7.20. The maximum absolute atomic E-state index is 11.8. The molecule has 1 heteroatoms. The highest BCUT2D eigenvalue weighted by molar-refractivity contribution is 5.87. The molecule has 0 saturated heterocycles. The number of carbonyl (C=O) groups excluding carboxylic acids is 1. The van der Waals surface area contributed by atoms with Crippen LogP contribution in [0.5, 0.6) is 0 Å². The highest BCUT2D eigenvalue weighted by Crippen LogP contribution is 2.49. The number of allylic oxidation sites excluding steroid dienone is 2. The first kappa shape index (κ1) is 6.88. The van der Waals surface area contributed by atoms with Gasteiger partial charge in [0, 0.05) is 11.8 Å². The molecule has 0 aromatic heterocycles. The third-order valence-electron chi connectivity index (χ3n) is 3.97. The molecule has 3 aliphatic rings. The van der Waals surface area contributed by atoms with E-state index >= 15 is 0 Å². The molecule has 3 rings (SSSR count). The molecule has 0 aliphatic heterocycles. The fourth-order valence-corrected chi connectivity index (χ4v) is 3.39. The fraction of sp³-hybridized carbons (Fsp3) is 0.727. The number of hydrogen-bond acceptors (Lipinski definition) is 1. The van der Waals surface area contributed by atoms with Gasteiger partial charge >= 0.3 is 0 Å². The Morgan fingerprint density at radius 1 is 1.25 bits per heavy atom. The average Bonchev–Trinajstić information content (AvgIpc) is 2.69. The minimum Gasteiger partial charge on any atom is -0.299 e. The van der Waals surface area contributed by atoms with Gasteiger partial charge in [0.05, 0.1) is 0 Å². The summed E-state index contributed by atoms with van der Waals surface area (Å²) in [6, 6.07) is 0. The van der Waals surface area contributed by atoms with E-state index in [1.807, 2.05) is 0 Å². The Bertz CT molecular complexity index is 254. The third-order valence-corrected chi connectivity index (χ3v) is 3.97. The lowest BCUT2D eigenvalue weighted by molar-refractivity contribution is -0.129. The molecule has 2 bridgehead atoms. The summed E-state index contributed by atoms with van der Waals surface area (Å²) in [5, 5.41) is 0. The number of rotatable bonds is 0. The quantitative estimate of drug-likeness (QED) is 0.499. The monoisotopic (exact) mass is 162 g/mol. The minimum atomic E-state index is 0.314. The van der Waals surface area contributed by atoms with Crippen molar-refractivity contribution in [2.45, 2.75) is 25.7 Å². The van der Waals surface area contributed by atoms with E-state index in [1.165, 1.54) is 19.3 Å². The Kier molecular flexibility index (Phi) is 1.27. The maximum Gasteiger partial charge on any atom is 0.143 e. The van der Waals surface area contributed by atoms with Crippen molar-refractivity contribution in [3.63, 3.8) is 0 Å². The molecule has 0 spiro atoms. The van der Waals surface area contributed by atoms with E-state index in [-0.39, 0.29) is 0 Å². The first-order valence-corrected chi connectivity index (χ1v) is 5.08. The van der Waals surface area contributed by atoms with Gasteiger partial charge in [-0.3, -0.25) is 4.79 Å². The third kappa shape index (κ3) is 0.720. The highest BCUT2D eigenvalue weighted by Gasteiger charge is 2.46. The van der Waals surface area contributed by atoms with Crippen molar-refractivity contribution in [2.24, 2.45) is 23.7 Å². The first-order valence-electron chi connectivity index (χ1n) is 5.08. The van der Waals surface area contributed by atoms with Crippen molar-refractivity contribution in [2.75, 3.05) is 0 Å². The summed E-state index contributed by atoms with van der Waals surface area (Å²) in [7, 11) is 0. The fourth-order valence-electron chi connectivity index (χ4n) is 3.39. The highest BCUT2D eigenvalue weighted by atomic mass is 16.1. The molecule has 0 radical (unpaired) electrons. The second-order valence-corrected chi connectivity index (χ2v) is 4.49. The molecular weight excluding hydrogens is 148 g/mol. The van der Waals surface area contributed by atoms with Crippen molar-refractivity contribution >= 4 is 5.78 Å². The van der Waals surface area contributed by atoms with Crippen LogP contribution in [0.1, 0.15) is 25.7 Å². The Hall–Kier alpha value is -0.590. The predicted molar refractivity (Wildman–Crippen MR) is 46.6 cm³/mol. The van der Waals surface area contributed by atoms with E-state index in [0.29, 0.717) is 17.6 Å². The van der Waals surface area contributed by atoms with E-state index in [4.69, 9.17) is 0 Å². The van der Waals surface area contributed by atoms with Crippen LogP contribution in [0, 0.1) is 23.7 Å². The van der Waals surface area contributed by atoms with Crippen LogP contribution in [0.4, 0.5) is 0 Å². The molecule has 4 atom stereocenters. The lowest BCUT2D eigenvalue weighted by Gasteiger charge is -2.30. The zero-order chi connectivity index (χ0) is 8.13. The Morgan fingerprint density at radius 2 is 2.17 bits per heavy atom. The van der Waals surface area contributed by atoms with Gasteiger partial charge in [0.25, 0.3) is 0 Å². The van der Waals surface area contributed by atoms with Gasteiger partial charge in [-0.1, -0.05) is 18.6 Å². The van der Waals surface area contributed by atoms with Gasteiger partial charge in [-0.2, -0.15) is 0 Å². The summed E-state index contributed by atoms with van der Waals surface area (Å²) in [6.07, 6.45) is 9.37. The van der Waals surface area contributed by atoms with Gasteiger partial charge < -0.3 is 0 Å². The second-order valence-electron chi connectivity index (χ2n) is 4.49. The van der Waals surface area contributed by atoms with Crippen LogP contribution in [-0.4, -0.2) is 5.78 Å². The molecular formula is C11H14O. The Morgan fingerprint density at radius 3 is 3.08 bits per heavy atom. The van der Waals surface area contributed by atoms with Gasteiger partial charge in [0.15, 0.2) is 0 Å². The summed E-state index contributed by atoms with van der Waals surface area (Å²) in [4.78, 5) is 11.8. The normalized spacial score (nSPS) is 49.8. The summed E-state index contributed by atoms with van der Waals surface area (Å²) < 4.78 is 0. The lowest BCUT2D eigenvalue weighted by atomic mass is 9.72. The van der Waals surface area contributed by atoms with Crippen LogP contribution in [0.3, 0.4) is 0 Å². The molecule has 0 amide bonds. The number of hydrogen-bond donors (Lipinski definition) is 0. The van der Waals surface area contributed by atoms with E-state index in [2.05, 4.69) is 12.2 Å². The largest absolute Gasteiger partial charge is 0.299 e. The van der Waals surface area contributed by atoms with Crippen molar-refractivity contribution < 1.29 is 4.79 Å². The van der Waals surface area contributed by atoms with Crippen molar-refractivity contribution in [1.29, 1.82) is 0 Å². The maximum atomic E-state index is 11.8. The number of fused-ring (bicyclic) bond motifs is 4. The average molecular weight is 162 g/mol. The molecule has 0 N–H and O–H groups in total. The molecule has 0 aromatic rings. The molecule has 2 saturated carbocycles. The van der Waals surface area contributed by atoms with Crippen LogP contribution in [0.15, 0.2) is 12.2 Å². The van der Waals surface area contributed by atoms with E-state index in [9.17, 15) is 4.79 Å². The van der Waals surface area contributed by atoms with Crippen LogP contribution < -0.4 is 0 Å². The van der Waals surface area contributed by atoms with Crippen LogP contribution in [0.2, 0.25) is 0 Å². The van der Waals surface area contributed by atoms with E-state index < -0.39 is 0 Å². The molecule has 0 aromatic carbocycles. The van der Waals surface area contributed by atoms with Crippen LogP contribution >= 0.6 is 0 Å². The molecule has 3 aliphatic carbocycles. The van der Waals surface area contributed by atoms with Crippen molar-refractivity contribution in [1.82, 2.24) is 0 Å². The number of carbonyl (C=O) groups is 1. The van der Waals surface area contributed by atoms with Gasteiger partial charge in [-0.15, -0.1) is 0 Å². The van der Waals surface area contributed by atoms with Crippen LogP contribution in [-0.2, 0) is 4.79 Å². The standard InChI is InChI=1S/C11H14O/c12-11-8-5-4-7(6-8)9-2-1-3-10(9)11/h4-5,7-10H,1-3,6H2/t7-,8+,9-,10-/m0/s1. The molecule has 12 heavy (non-hydrogen) atoms. The van der Waals surface area contributed by atoms with Gasteiger partial charge in [-0.25, -0.2) is 0 Å². The molecule has 2 fully saturated rings. The zero-order valence-corrected chi connectivity index (χ0v) is 7.20. The smallest absolute Gasteiger partial charge is 0.143 e. The lowest BCUT2D eigenvalue weighted by Crippen LogP contribution is -2.33. The van der Waals surface area contributed by atoms with Crippen molar-refractivity contribution in [3.8, 4) is 0 Å². The topological polar surface area (TPSA) is 17.1 Å². The minimum absolute atomic E-state index is 0.314. The summed E-state index contributed by atoms with van der Waals surface area (Å²) in [5.41, 5.74) is 0.